The number of hydrogen-bond acceptors (Lipinski definition) is 4. The van der Waals surface area contributed by atoms with Crippen LogP contribution in [0.3, 0.4) is 0 Å². The molecule has 0 aliphatic carbocycles. The summed E-state index contributed by atoms with van der Waals surface area (Å²) in [4.78, 5) is 23.7. The van der Waals surface area contributed by atoms with Crippen molar-refractivity contribution in [2.45, 2.75) is 13.1 Å². The van der Waals surface area contributed by atoms with E-state index in [0.29, 0.717) is 18.8 Å². The van der Waals surface area contributed by atoms with Gasteiger partial charge in [0.1, 0.15) is 5.69 Å². The maximum atomic E-state index is 13.3. The summed E-state index contributed by atoms with van der Waals surface area (Å²) in [6, 6.07) is 29.0. The molecule has 30 heavy (non-hydrogen) atoms. The summed E-state index contributed by atoms with van der Waals surface area (Å²) in [7, 11) is 0. The van der Waals surface area contributed by atoms with E-state index in [0.717, 1.165) is 22.6 Å². The summed E-state index contributed by atoms with van der Waals surface area (Å²) in [6.07, 6.45) is 3.45. The second-order valence-electron chi connectivity index (χ2n) is 6.82. The van der Waals surface area contributed by atoms with Crippen LogP contribution in [0.1, 0.15) is 21.7 Å². The van der Waals surface area contributed by atoms with Gasteiger partial charge in [-0.15, -0.1) is 0 Å². The Morgan fingerprint density at radius 2 is 1.53 bits per heavy atom. The number of anilines is 2. The van der Waals surface area contributed by atoms with E-state index in [9.17, 15) is 4.79 Å². The van der Waals surface area contributed by atoms with Crippen molar-refractivity contribution >= 4 is 17.3 Å². The van der Waals surface area contributed by atoms with E-state index >= 15 is 0 Å². The molecule has 0 saturated heterocycles. The fourth-order valence-corrected chi connectivity index (χ4v) is 3.11. The number of pyridine rings is 2. The Bertz CT molecular complexity index is 1070. The summed E-state index contributed by atoms with van der Waals surface area (Å²) in [5, 5.41) is 3.28. The molecule has 0 unspecified atom stereocenters. The Labute approximate surface area is 176 Å². The van der Waals surface area contributed by atoms with Gasteiger partial charge in [0.05, 0.1) is 30.7 Å². The number of benzene rings is 2. The Hall–Kier alpha value is -3.99. The molecule has 0 aliphatic heterocycles. The van der Waals surface area contributed by atoms with Crippen LogP contribution in [0.2, 0.25) is 0 Å². The molecule has 0 fully saturated rings. The predicted octanol–water partition coefficient (Wildman–Crippen LogP) is 4.94. The van der Waals surface area contributed by atoms with Crippen molar-refractivity contribution in [1.82, 2.24) is 9.97 Å². The van der Waals surface area contributed by atoms with E-state index in [1.165, 1.54) is 0 Å². The van der Waals surface area contributed by atoms with Gasteiger partial charge in [0.25, 0.3) is 5.91 Å². The van der Waals surface area contributed by atoms with Gasteiger partial charge >= 0.3 is 0 Å². The first-order valence-corrected chi connectivity index (χ1v) is 9.80. The Balaban J connectivity index is 1.51. The summed E-state index contributed by atoms with van der Waals surface area (Å²) in [5.41, 5.74) is 4.08. The molecule has 1 N–H and O–H groups in total. The van der Waals surface area contributed by atoms with E-state index < -0.39 is 0 Å². The molecule has 0 radical (unpaired) electrons. The van der Waals surface area contributed by atoms with Crippen molar-refractivity contribution < 1.29 is 4.79 Å². The monoisotopic (exact) mass is 394 g/mol. The van der Waals surface area contributed by atoms with E-state index in [1.54, 1.807) is 23.4 Å². The highest BCUT2D eigenvalue weighted by atomic mass is 16.2. The van der Waals surface area contributed by atoms with E-state index in [1.807, 2.05) is 84.9 Å². The van der Waals surface area contributed by atoms with Crippen LogP contribution in [0.25, 0.3) is 0 Å². The zero-order valence-electron chi connectivity index (χ0n) is 16.5. The van der Waals surface area contributed by atoms with Gasteiger partial charge in [-0.05, 0) is 42.0 Å². The Morgan fingerprint density at radius 3 is 2.20 bits per heavy atom. The normalized spacial score (nSPS) is 10.4. The van der Waals surface area contributed by atoms with Crippen molar-refractivity contribution in [3.8, 4) is 0 Å². The molecule has 0 saturated carbocycles. The van der Waals surface area contributed by atoms with Crippen LogP contribution >= 0.6 is 0 Å². The summed E-state index contributed by atoms with van der Waals surface area (Å²) >= 11 is 0. The Morgan fingerprint density at radius 1 is 0.800 bits per heavy atom. The van der Waals surface area contributed by atoms with E-state index in [-0.39, 0.29) is 5.91 Å². The molecule has 0 aliphatic rings. The van der Waals surface area contributed by atoms with Gasteiger partial charge in [0.15, 0.2) is 0 Å². The maximum absolute atomic E-state index is 13.3. The van der Waals surface area contributed by atoms with Gasteiger partial charge in [-0.2, -0.15) is 0 Å². The third kappa shape index (κ3) is 4.89. The number of carbonyl (C=O) groups excluding carboxylic acids is 1. The lowest BCUT2D eigenvalue weighted by Crippen LogP contribution is -2.31. The van der Waals surface area contributed by atoms with Crippen LogP contribution in [-0.2, 0) is 13.1 Å². The van der Waals surface area contributed by atoms with Crippen molar-refractivity contribution in [3.63, 3.8) is 0 Å². The highest BCUT2D eigenvalue weighted by Crippen LogP contribution is 2.20. The van der Waals surface area contributed by atoms with Crippen LogP contribution in [0, 0.1) is 0 Å². The molecular formula is C25H22N4O. The molecule has 2 aromatic heterocycles. The van der Waals surface area contributed by atoms with Gasteiger partial charge in [-0.3, -0.25) is 9.78 Å². The van der Waals surface area contributed by atoms with Crippen LogP contribution in [0.4, 0.5) is 11.4 Å². The quantitative estimate of drug-likeness (QED) is 0.483. The lowest BCUT2D eigenvalue weighted by Gasteiger charge is -2.23. The number of hydrogen-bond donors (Lipinski definition) is 1. The van der Waals surface area contributed by atoms with Crippen molar-refractivity contribution in [2.24, 2.45) is 0 Å². The molecule has 148 valence electrons. The van der Waals surface area contributed by atoms with Crippen LogP contribution in [0.5, 0.6) is 0 Å². The van der Waals surface area contributed by atoms with E-state index in [4.69, 9.17) is 0 Å². The first kappa shape index (κ1) is 19.3. The lowest BCUT2D eigenvalue weighted by atomic mass is 10.1. The molecule has 2 heterocycles. The minimum absolute atomic E-state index is 0.138. The standard InChI is InChI=1S/C25H22N4O/c30-25(24-15-14-22(18-28-24)27-17-21-11-7-8-16-26-21)29(23-12-5-2-6-13-23)19-20-9-3-1-4-10-20/h1-16,18,27H,17,19H2. The fourth-order valence-electron chi connectivity index (χ4n) is 3.11. The van der Waals surface area contributed by atoms with E-state index in [2.05, 4.69) is 15.3 Å². The zero-order chi connectivity index (χ0) is 20.6. The van der Waals surface area contributed by atoms with Crippen molar-refractivity contribution in [2.75, 3.05) is 10.2 Å². The minimum Gasteiger partial charge on any atom is -0.378 e. The van der Waals surface area contributed by atoms with Gasteiger partial charge < -0.3 is 10.2 Å². The second-order valence-corrected chi connectivity index (χ2v) is 6.82. The maximum Gasteiger partial charge on any atom is 0.277 e. The molecule has 1 amide bonds. The largest absolute Gasteiger partial charge is 0.378 e. The van der Waals surface area contributed by atoms with Crippen LogP contribution < -0.4 is 10.2 Å². The van der Waals surface area contributed by atoms with Gasteiger partial charge in [-0.1, -0.05) is 54.6 Å². The van der Waals surface area contributed by atoms with Crippen LogP contribution in [0.15, 0.2) is 103 Å². The average Bonchev–Trinajstić information content (AvgIpc) is 2.83. The molecule has 4 rings (SSSR count). The molecule has 2 aromatic carbocycles. The van der Waals surface area contributed by atoms with Gasteiger partial charge in [0.2, 0.25) is 0 Å². The summed E-state index contributed by atoms with van der Waals surface area (Å²) in [5.74, 6) is -0.138. The Kier molecular flexibility index (Phi) is 6.11. The van der Waals surface area contributed by atoms with Crippen molar-refractivity contribution in [1.29, 1.82) is 0 Å². The van der Waals surface area contributed by atoms with Crippen molar-refractivity contribution in [3.05, 3.63) is 120 Å². The number of amides is 1. The highest BCUT2D eigenvalue weighted by Gasteiger charge is 2.19. The molecule has 5 nitrogen and oxygen atoms in total. The van der Waals surface area contributed by atoms with Gasteiger partial charge in [-0.25, -0.2) is 4.98 Å². The smallest absolute Gasteiger partial charge is 0.277 e. The number of aromatic nitrogens is 2. The average molecular weight is 394 g/mol. The molecule has 0 atom stereocenters. The summed E-state index contributed by atoms with van der Waals surface area (Å²) in [6.45, 7) is 1.07. The highest BCUT2D eigenvalue weighted by molar-refractivity contribution is 6.04. The second kappa shape index (κ2) is 9.47. The predicted molar refractivity (Wildman–Crippen MR) is 119 cm³/mol. The third-order valence-electron chi connectivity index (χ3n) is 4.68. The zero-order valence-corrected chi connectivity index (χ0v) is 16.5. The van der Waals surface area contributed by atoms with Gasteiger partial charge in [0, 0.05) is 11.9 Å². The topological polar surface area (TPSA) is 58.1 Å². The fraction of sp³-hybridized carbons (Fsp3) is 0.0800. The number of nitrogens with zero attached hydrogens (tertiary/aromatic N) is 3. The lowest BCUT2D eigenvalue weighted by molar-refractivity contribution is 0.0980. The SMILES string of the molecule is O=C(c1ccc(NCc2ccccn2)cn1)N(Cc1ccccc1)c1ccccc1. The number of rotatable bonds is 7. The molecular weight excluding hydrogens is 372 g/mol. The number of para-hydroxylation sites is 1. The molecule has 0 bridgehead atoms. The minimum atomic E-state index is -0.138. The molecule has 4 aromatic rings. The summed E-state index contributed by atoms with van der Waals surface area (Å²) < 4.78 is 0. The first-order chi connectivity index (χ1) is 14.8. The number of carbonyl (C=O) groups is 1. The molecule has 5 heteroatoms. The number of nitrogens with one attached hydrogen (secondary N) is 1. The third-order valence-corrected chi connectivity index (χ3v) is 4.68. The first-order valence-electron chi connectivity index (χ1n) is 9.80. The van der Waals surface area contributed by atoms with Crippen LogP contribution in [-0.4, -0.2) is 15.9 Å². The molecule has 0 spiro atoms.